The lowest BCUT2D eigenvalue weighted by atomic mass is 9.64. The zero-order valence-corrected chi connectivity index (χ0v) is 18.5. The molecule has 4 aromatic rings. The van der Waals surface area contributed by atoms with Gasteiger partial charge in [0.05, 0.1) is 22.8 Å². The highest BCUT2D eigenvalue weighted by molar-refractivity contribution is 5.58. The third-order valence-corrected chi connectivity index (χ3v) is 6.83. The van der Waals surface area contributed by atoms with Crippen LogP contribution >= 0.6 is 0 Å². The number of aromatic nitrogens is 6. The Balaban J connectivity index is 1.24. The summed E-state index contributed by atoms with van der Waals surface area (Å²) >= 11 is 0. The van der Waals surface area contributed by atoms with Gasteiger partial charge in [-0.15, -0.1) is 0 Å². The number of nitrogens with two attached hydrogens (primary N) is 1. The average molecular weight is 457 g/mol. The molecule has 1 aliphatic heterocycles. The molecule has 1 atom stereocenters. The summed E-state index contributed by atoms with van der Waals surface area (Å²) in [5.41, 5.74) is 8.70. The summed E-state index contributed by atoms with van der Waals surface area (Å²) in [5.74, 6) is 2.20. The van der Waals surface area contributed by atoms with E-state index < -0.39 is 0 Å². The van der Waals surface area contributed by atoms with Crippen LogP contribution in [0.5, 0.6) is 0 Å². The fourth-order valence-corrected chi connectivity index (χ4v) is 4.67. The van der Waals surface area contributed by atoms with Gasteiger partial charge in [0.1, 0.15) is 5.82 Å². The maximum absolute atomic E-state index is 9.76. The standard InChI is InChI=1S/C24H24N8O2/c25-23-28-11-16(12-29-23)19-4-3-17(13-26-19)24(7-1-8-24)22-30-21(34-31-22)15-2-5-20(27-10-15)32-9-6-18(33)14-32/h2-5,10-13,18,33H,1,6-9,14H2,(H2,25,28,29). The highest BCUT2D eigenvalue weighted by Crippen LogP contribution is 2.48. The second kappa shape index (κ2) is 8.14. The van der Waals surface area contributed by atoms with Crippen molar-refractivity contribution in [1.82, 2.24) is 30.1 Å². The second-order valence-electron chi connectivity index (χ2n) is 8.91. The number of rotatable bonds is 5. The molecule has 2 fully saturated rings. The largest absolute Gasteiger partial charge is 0.391 e. The predicted molar refractivity (Wildman–Crippen MR) is 125 cm³/mol. The van der Waals surface area contributed by atoms with Crippen LogP contribution in [0.25, 0.3) is 22.7 Å². The minimum Gasteiger partial charge on any atom is -0.391 e. The number of nitrogens with zero attached hydrogens (tertiary/aromatic N) is 7. The first kappa shape index (κ1) is 20.7. The van der Waals surface area contributed by atoms with Gasteiger partial charge in [-0.3, -0.25) is 4.98 Å². The van der Waals surface area contributed by atoms with E-state index in [1.54, 1.807) is 18.6 Å². The van der Waals surface area contributed by atoms with Crippen molar-refractivity contribution in [3.63, 3.8) is 0 Å². The van der Waals surface area contributed by atoms with Gasteiger partial charge in [0.25, 0.3) is 5.89 Å². The summed E-state index contributed by atoms with van der Waals surface area (Å²) in [6.45, 7) is 1.41. The lowest BCUT2D eigenvalue weighted by molar-refractivity contribution is 0.198. The van der Waals surface area contributed by atoms with Gasteiger partial charge >= 0.3 is 0 Å². The first-order chi connectivity index (χ1) is 16.6. The lowest BCUT2D eigenvalue weighted by Crippen LogP contribution is -2.36. The summed E-state index contributed by atoms with van der Waals surface area (Å²) < 4.78 is 5.64. The summed E-state index contributed by atoms with van der Waals surface area (Å²) in [6.07, 6.45) is 10.4. The molecule has 6 rings (SSSR count). The summed E-state index contributed by atoms with van der Waals surface area (Å²) in [4.78, 5) is 24.1. The zero-order valence-electron chi connectivity index (χ0n) is 18.5. The normalized spacial score (nSPS) is 19.2. The molecule has 0 aromatic carbocycles. The molecule has 5 heterocycles. The molecule has 0 radical (unpaired) electrons. The number of pyridine rings is 2. The number of anilines is 2. The van der Waals surface area contributed by atoms with Gasteiger partial charge in [0.2, 0.25) is 5.95 Å². The van der Waals surface area contributed by atoms with Crippen molar-refractivity contribution in [2.45, 2.75) is 37.2 Å². The van der Waals surface area contributed by atoms with Crippen LogP contribution in [-0.2, 0) is 5.41 Å². The van der Waals surface area contributed by atoms with Crippen molar-refractivity contribution in [2.75, 3.05) is 23.7 Å². The highest BCUT2D eigenvalue weighted by atomic mass is 16.5. The summed E-state index contributed by atoms with van der Waals surface area (Å²) in [5, 5.41) is 14.1. The Morgan fingerprint density at radius 2 is 1.79 bits per heavy atom. The number of aliphatic hydroxyl groups is 1. The van der Waals surface area contributed by atoms with E-state index in [0.29, 0.717) is 18.3 Å². The summed E-state index contributed by atoms with van der Waals surface area (Å²) in [6, 6.07) is 7.89. The Kier molecular flexibility index (Phi) is 4.95. The molecule has 3 N–H and O–H groups in total. The maximum Gasteiger partial charge on any atom is 0.259 e. The molecule has 172 valence electrons. The minimum atomic E-state index is -0.302. The Labute approximate surface area is 195 Å². The van der Waals surface area contributed by atoms with Gasteiger partial charge in [-0.25, -0.2) is 15.0 Å². The molecule has 1 saturated carbocycles. The molecule has 0 bridgehead atoms. The molecule has 2 aliphatic rings. The van der Waals surface area contributed by atoms with Gasteiger partial charge in [-0.05, 0) is 43.0 Å². The zero-order chi connectivity index (χ0) is 23.1. The van der Waals surface area contributed by atoms with Crippen LogP contribution in [0.3, 0.4) is 0 Å². The number of β-amino-alcohol motifs (C(OH)–C–C–N with tert-alkyl or cyclic N) is 1. The molecular weight excluding hydrogens is 432 g/mol. The smallest absolute Gasteiger partial charge is 0.259 e. The fourth-order valence-electron chi connectivity index (χ4n) is 4.67. The average Bonchev–Trinajstić information content (AvgIpc) is 3.50. The molecule has 4 aromatic heterocycles. The van der Waals surface area contributed by atoms with Gasteiger partial charge in [-0.2, -0.15) is 4.98 Å². The molecule has 0 amide bonds. The third kappa shape index (κ3) is 3.56. The van der Waals surface area contributed by atoms with Crippen molar-refractivity contribution in [1.29, 1.82) is 0 Å². The van der Waals surface area contributed by atoms with Crippen molar-refractivity contribution in [3.05, 3.63) is 60.4 Å². The first-order valence-corrected chi connectivity index (χ1v) is 11.4. The molecule has 10 nitrogen and oxygen atoms in total. The minimum absolute atomic E-state index is 0.237. The van der Waals surface area contributed by atoms with E-state index >= 15 is 0 Å². The molecule has 0 spiro atoms. The van der Waals surface area contributed by atoms with Crippen molar-refractivity contribution in [3.8, 4) is 22.7 Å². The molecule has 1 aliphatic carbocycles. The molecule has 1 saturated heterocycles. The van der Waals surface area contributed by atoms with Crippen LogP contribution in [-0.4, -0.2) is 54.4 Å². The van der Waals surface area contributed by atoms with E-state index in [9.17, 15) is 5.11 Å². The fraction of sp³-hybridized carbons (Fsp3) is 0.333. The first-order valence-electron chi connectivity index (χ1n) is 11.4. The number of aliphatic hydroxyl groups excluding tert-OH is 1. The molecule has 10 heteroatoms. The van der Waals surface area contributed by atoms with Crippen LogP contribution < -0.4 is 10.6 Å². The number of hydrogen-bond donors (Lipinski definition) is 2. The predicted octanol–water partition coefficient (Wildman–Crippen LogP) is 2.61. The van der Waals surface area contributed by atoms with Crippen LogP contribution in [0.2, 0.25) is 0 Å². The Hall–Kier alpha value is -3.92. The number of nitrogen functional groups attached to an aromatic ring is 1. The van der Waals surface area contributed by atoms with Crippen molar-refractivity contribution < 1.29 is 9.63 Å². The van der Waals surface area contributed by atoms with E-state index in [1.807, 2.05) is 24.4 Å². The monoisotopic (exact) mass is 456 g/mol. The third-order valence-electron chi connectivity index (χ3n) is 6.83. The van der Waals surface area contributed by atoms with E-state index in [2.05, 4.69) is 36.1 Å². The van der Waals surface area contributed by atoms with E-state index in [4.69, 9.17) is 15.2 Å². The SMILES string of the molecule is Nc1ncc(-c2ccc(C3(c4noc(-c5ccc(N6CCC(O)C6)nc5)n4)CCC3)cn2)cn1. The van der Waals surface area contributed by atoms with Gasteiger partial charge in [0, 0.05) is 43.4 Å². The second-order valence-corrected chi connectivity index (χ2v) is 8.91. The number of hydrogen-bond acceptors (Lipinski definition) is 10. The topological polar surface area (TPSA) is 140 Å². The quantitative estimate of drug-likeness (QED) is 0.460. The maximum atomic E-state index is 9.76. The van der Waals surface area contributed by atoms with Crippen LogP contribution in [0.4, 0.5) is 11.8 Å². The summed E-state index contributed by atoms with van der Waals surface area (Å²) in [7, 11) is 0. The Bertz CT molecular complexity index is 1280. The van der Waals surface area contributed by atoms with Crippen molar-refractivity contribution in [2.24, 2.45) is 0 Å². The van der Waals surface area contributed by atoms with E-state index in [1.165, 1.54) is 0 Å². The van der Waals surface area contributed by atoms with Gasteiger partial charge < -0.3 is 20.3 Å². The van der Waals surface area contributed by atoms with Gasteiger partial charge in [-0.1, -0.05) is 17.6 Å². The molecular formula is C24H24N8O2. The molecule has 1 unspecified atom stereocenters. The molecule has 34 heavy (non-hydrogen) atoms. The van der Waals surface area contributed by atoms with Crippen LogP contribution in [0, 0.1) is 0 Å². The van der Waals surface area contributed by atoms with E-state index in [0.717, 1.165) is 60.4 Å². The highest BCUT2D eigenvalue weighted by Gasteiger charge is 2.45. The lowest BCUT2D eigenvalue weighted by Gasteiger charge is -2.39. The van der Waals surface area contributed by atoms with Crippen LogP contribution in [0.1, 0.15) is 37.1 Å². The Morgan fingerprint density at radius 1 is 0.971 bits per heavy atom. The van der Waals surface area contributed by atoms with Crippen molar-refractivity contribution >= 4 is 11.8 Å². The van der Waals surface area contributed by atoms with Crippen LogP contribution in [0.15, 0.2) is 53.6 Å². The van der Waals surface area contributed by atoms with Gasteiger partial charge in [0.15, 0.2) is 5.82 Å². The Morgan fingerprint density at radius 3 is 2.41 bits per heavy atom. The van der Waals surface area contributed by atoms with E-state index in [-0.39, 0.29) is 17.5 Å².